The van der Waals surface area contributed by atoms with Gasteiger partial charge in [-0.05, 0) is 25.1 Å². The van der Waals surface area contributed by atoms with Gasteiger partial charge in [-0.15, -0.1) is 0 Å². The number of aromatic amines is 1. The van der Waals surface area contributed by atoms with Gasteiger partial charge in [0.2, 0.25) is 0 Å². The van der Waals surface area contributed by atoms with E-state index in [0.717, 1.165) is 11.5 Å². The number of imidazole rings is 1. The normalized spacial score (nSPS) is 12.3. The Bertz CT molecular complexity index is 463. The zero-order valence-electron chi connectivity index (χ0n) is 9.07. The second-order valence-corrected chi connectivity index (χ2v) is 3.68. The first-order chi connectivity index (χ1) is 7.66. The lowest BCUT2D eigenvalue weighted by molar-refractivity contribution is 0.810. The standard InChI is InChI=1S/C11H15N5/c1-7(11-14-4-5-15-11)16-8-2-3-9(12)10(13)6-8/h2-7,16H,12-13H2,1H3,(H,14,15). The van der Waals surface area contributed by atoms with E-state index >= 15 is 0 Å². The molecule has 1 aromatic heterocycles. The minimum atomic E-state index is 0.0954. The van der Waals surface area contributed by atoms with Crippen molar-refractivity contribution in [1.29, 1.82) is 0 Å². The number of H-pyrrole nitrogens is 1. The fourth-order valence-corrected chi connectivity index (χ4v) is 1.50. The van der Waals surface area contributed by atoms with Gasteiger partial charge >= 0.3 is 0 Å². The summed E-state index contributed by atoms with van der Waals surface area (Å²) in [7, 11) is 0. The summed E-state index contributed by atoms with van der Waals surface area (Å²) in [4.78, 5) is 7.23. The molecule has 5 nitrogen and oxygen atoms in total. The van der Waals surface area contributed by atoms with Crippen LogP contribution < -0.4 is 16.8 Å². The molecule has 0 fully saturated rings. The number of nitrogen functional groups attached to an aromatic ring is 2. The van der Waals surface area contributed by atoms with E-state index < -0.39 is 0 Å². The van der Waals surface area contributed by atoms with E-state index in [1.165, 1.54) is 0 Å². The van der Waals surface area contributed by atoms with E-state index in [1.807, 2.05) is 19.1 Å². The highest BCUT2D eigenvalue weighted by molar-refractivity contribution is 5.69. The van der Waals surface area contributed by atoms with Crippen molar-refractivity contribution in [3.8, 4) is 0 Å². The Hall–Kier alpha value is -2.17. The average molecular weight is 217 g/mol. The van der Waals surface area contributed by atoms with Gasteiger partial charge in [0, 0.05) is 18.1 Å². The van der Waals surface area contributed by atoms with Crippen LogP contribution in [0.25, 0.3) is 0 Å². The van der Waals surface area contributed by atoms with Crippen LogP contribution in [0, 0.1) is 0 Å². The van der Waals surface area contributed by atoms with Crippen LogP contribution in [0.2, 0.25) is 0 Å². The first kappa shape index (κ1) is 10.4. The topological polar surface area (TPSA) is 92.8 Å². The van der Waals surface area contributed by atoms with Crippen molar-refractivity contribution in [2.24, 2.45) is 0 Å². The molecule has 2 rings (SSSR count). The van der Waals surface area contributed by atoms with Gasteiger partial charge in [0.1, 0.15) is 5.82 Å². The van der Waals surface area contributed by atoms with Crippen LogP contribution in [0.5, 0.6) is 0 Å². The van der Waals surface area contributed by atoms with E-state index in [1.54, 1.807) is 18.5 Å². The Morgan fingerprint density at radius 2 is 2.12 bits per heavy atom. The molecule has 0 saturated carbocycles. The first-order valence-corrected chi connectivity index (χ1v) is 5.07. The second kappa shape index (κ2) is 4.14. The number of nitrogens with zero attached hydrogens (tertiary/aromatic N) is 1. The molecule has 0 saturated heterocycles. The minimum Gasteiger partial charge on any atom is -0.397 e. The van der Waals surface area contributed by atoms with E-state index in [2.05, 4.69) is 15.3 Å². The SMILES string of the molecule is CC(Nc1ccc(N)c(N)c1)c1ncc[nH]1. The highest BCUT2D eigenvalue weighted by Gasteiger charge is 2.07. The molecule has 1 unspecified atom stereocenters. The van der Waals surface area contributed by atoms with E-state index in [4.69, 9.17) is 11.5 Å². The average Bonchev–Trinajstić information content (AvgIpc) is 2.77. The number of nitrogens with two attached hydrogens (primary N) is 2. The molecule has 0 spiro atoms. The maximum absolute atomic E-state index is 5.73. The van der Waals surface area contributed by atoms with Gasteiger partial charge in [0.25, 0.3) is 0 Å². The zero-order chi connectivity index (χ0) is 11.5. The van der Waals surface area contributed by atoms with Crippen LogP contribution in [0.15, 0.2) is 30.6 Å². The summed E-state index contributed by atoms with van der Waals surface area (Å²) in [6, 6.07) is 5.59. The molecule has 0 aliphatic rings. The van der Waals surface area contributed by atoms with Gasteiger partial charge in [-0.2, -0.15) is 0 Å². The smallest absolute Gasteiger partial charge is 0.128 e. The Morgan fingerprint density at radius 3 is 2.75 bits per heavy atom. The fraction of sp³-hybridized carbons (Fsp3) is 0.182. The summed E-state index contributed by atoms with van der Waals surface area (Å²) in [5.74, 6) is 0.885. The van der Waals surface area contributed by atoms with Crippen LogP contribution >= 0.6 is 0 Å². The maximum atomic E-state index is 5.73. The van der Waals surface area contributed by atoms with Crippen molar-refractivity contribution in [1.82, 2.24) is 9.97 Å². The Kier molecular flexibility index (Phi) is 2.68. The van der Waals surface area contributed by atoms with Crippen molar-refractivity contribution in [2.45, 2.75) is 13.0 Å². The summed E-state index contributed by atoms with van der Waals surface area (Å²) in [6.45, 7) is 2.02. The summed E-state index contributed by atoms with van der Waals surface area (Å²) in [5.41, 5.74) is 13.5. The van der Waals surface area contributed by atoms with E-state index in [-0.39, 0.29) is 6.04 Å². The van der Waals surface area contributed by atoms with Crippen LogP contribution in [0.3, 0.4) is 0 Å². The molecule has 0 bridgehead atoms. The minimum absolute atomic E-state index is 0.0954. The number of anilines is 3. The fourth-order valence-electron chi connectivity index (χ4n) is 1.50. The van der Waals surface area contributed by atoms with Crippen molar-refractivity contribution in [2.75, 3.05) is 16.8 Å². The molecule has 0 aliphatic carbocycles. The Labute approximate surface area is 93.9 Å². The second-order valence-electron chi connectivity index (χ2n) is 3.68. The molecule has 6 N–H and O–H groups in total. The predicted molar refractivity (Wildman–Crippen MR) is 65.9 cm³/mol. The number of hydrogen-bond acceptors (Lipinski definition) is 4. The first-order valence-electron chi connectivity index (χ1n) is 5.07. The monoisotopic (exact) mass is 217 g/mol. The van der Waals surface area contributed by atoms with Gasteiger partial charge < -0.3 is 21.8 Å². The van der Waals surface area contributed by atoms with Crippen molar-refractivity contribution in [3.05, 3.63) is 36.4 Å². The van der Waals surface area contributed by atoms with Gasteiger partial charge in [-0.25, -0.2) is 4.98 Å². The molecule has 1 heterocycles. The van der Waals surface area contributed by atoms with Gasteiger partial charge in [-0.3, -0.25) is 0 Å². The maximum Gasteiger partial charge on any atom is 0.128 e. The summed E-state index contributed by atoms with van der Waals surface area (Å²) < 4.78 is 0. The van der Waals surface area contributed by atoms with Crippen LogP contribution in [-0.2, 0) is 0 Å². The van der Waals surface area contributed by atoms with Gasteiger partial charge in [0.05, 0.1) is 17.4 Å². The summed E-state index contributed by atoms with van der Waals surface area (Å²) >= 11 is 0. The number of nitrogens with one attached hydrogen (secondary N) is 2. The Morgan fingerprint density at radius 1 is 1.31 bits per heavy atom. The predicted octanol–water partition coefficient (Wildman–Crippen LogP) is 1.75. The van der Waals surface area contributed by atoms with Crippen molar-refractivity contribution >= 4 is 17.1 Å². The molecular weight excluding hydrogens is 202 g/mol. The number of rotatable bonds is 3. The molecule has 1 aromatic carbocycles. The van der Waals surface area contributed by atoms with E-state index in [0.29, 0.717) is 11.4 Å². The third-order valence-corrected chi connectivity index (χ3v) is 2.40. The number of aromatic nitrogens is 2. The molecule has 84 valence electrons. The third kappa shape index (κ3) is 2.08. The van der Waals surface area contributed by atoms with Crippen molar-refractivity contribution < 1.29 is 0 Å². The molecular formula is C11H15N5. The van der Waals surface area contributed by atoms with E-state index in [9.17, 15) is 0 Å². The molecule has 5 heteroatoms. The third-order valence-electron chi connectivity index (χ3n) is 2.40. The van der Waals surface area contributed by atoms with Crippen LogP contribution in [0.4, 0.5) is 17.1 Å². The number of hydrogen-bond donors (Lipinski definition) is 4. The largest absolute Gasteiger partial charge is 0.397 e. The molecule has 0 aliphatic heterocycles. The molecule has 1 atom stereocenters. The van der Waals surface area contributed by atoms with Gasteiger partial charge in [-0.1, -0.05) is 0 Å². The lowest BCUT2D eigenvalue weighted by atomic mass is 10.2. The lowest BCUT2D eigenvalue weighted by Gasteiger charge is -2.13. The molecule has 16 heavy (non-hydrogen) atoms. The van der Waals surface area contributed by atoms with Gasteiger partial charge in [0.15, 0.2) is 0 Å². The highest BCUT2D eigenvalue weighted by Crippen LogP contribution is 2.22. The molecule has 2 aromatic rings. The molecule has 0 amide bonds. The summed E-state index contributed by atoms with van der Waals surface area (Å²) in [6.07, 6.45) is 3.52. The summed E-state index contributed by atoms with van der Waals surface area (Å²) in [5, 5.41) is 3.28. The van der Waals surface area contributed by atoms with Crippen LogP contribution in [0.1, 0.15) is 18.8 Å². The zero-order valence-corrected chi connectivity index (χ0v) is 9.07. The highest BCUT2D eigenvalue weighted by atomic mass is 15.0. The van der Waals surface area contributed by atoms with Crippen LogP contribution in [-0.4, -0.2) is 9.97 Å². The number of benzene rings is 1. The quantitative estimate of drug-likeness (QED) is 0.589. The Balaban J connectivity index is 2.12. The molecule has 0 radical (unpaired) electrons. The lowest BCUT2D eigenvalue weighted by Crippen LogP contribution is -2.08. The van der Waals surface area contributed by atoms with Crippen molar-refractivity contribution in [3.63, 3.8) is 0 Å².